The van der Waals surface area contributed by atoms with Gasteiger partial charge in [-0.05, 0) is 6.07 Å². The minimum absolute atomic E-state index is 0.0425. The molecule has 2 heterocycles. The van der Waals surface area contributed by atoms with Gasteiger partial charge in [0.15, 0.2) is 5.69 Å². The van der Waals surface area contributed by atoms with E-state index in [1.54, 1.807) is 4.90 Å². The summed E-state index contributed by atoms with van der Waals surface area (Å²) in [7, 11) is 0. The number of carbonyl (C=O) groups is 1. The van der Waals surface area contributed by atoms with Crippen molar-refractivity contribution < 1.29 is 4.79 Å². The van der Waals surface area contributed by atoms with Crippen molar-refractivity contribution in [3.8, 4) is 0 Å². The van der Waals surface area contributed by atoms with E-state index in [2.05, 4.69) is 10.2 Å². The summed E-state index contributed by atoms with van der Waals surface area (Å²) in [6.45, 7) is 1.25. The third-order valence-electron chi connectivity index (χ3n) is 2.87. The maximum absolute atomic E-state index is 12.0. The molecule has 2 aromatic rings. The zero-order chi connectivity index (χ0) is 11.1. The Bertz CT molecular complexity index is 542. The summed E-state index contributed by atoms with van der Waals surface area (Å²) in [6, 6.07) is 7.73. The van der Waals surface area contributed by atoms with Gasteiger partial charge in [-0.2, -0.15) is 5.10 Å². The summed E-state index contributed by atoms with van der Waals surface area (Å²) >= 11 is 0. The van der Waals surface area contributed by atoms with E-state index >= 15 is 0 Å². The SMILES string of the molecule is NC1CN(C(=O)c2n[nH]c3ccccc23)C1. The molecule has 0 unspecified atom stereocenters. The summed E-state index contributed by atoms with van der Waals surface area (Å²) in [5.41, 5.74) is 7.02. The molecule has 0 bridgehead atoms. The van der Waals surface area contributed by atoms with Crippen LogP contribution in [0.5, 0.6) is 0 Å². The molecule has 0 aliphatic carbocycles. The fourth-order valence-electron chi connectivity index (χ4n) is 1.95. The number of nitrogens with zero attached hydrogens (tertiary/aromatic N) is 2. The second-order valence-corrected chi connectivity index (χ2v) is 4.09. The second-order valence-electron chi connectivity index (χ2n) is 4.09. The van der Waals surface area contributed by atoms with Gasteiger partial charge < -0.3 is 10.6 Å². The topological polar surface area (TPSA) is 75.0 Å². The minimum atomic E-state index is -0.0425. The molecule has 3 rings (SSSR count). The number of likely N-dealkylation sites (tertiary alicyclic amines) is 1. The maximum Gasteiger partial charge on any atom is 0.275 e. The van der Waals surface area contributed by atoms with E-state index in [9.17, 15) is 4.79 Å². The van der Waals surface area contributed by atoms with Gasteiger partial charge in [-0.15, -0.1) is 0 Å². The lowest BCUT2D eigenvalue weighted by atomic mass is 10.1. The van der Waals surface area contributed by atoms with Crippen LogP contribution >= 0.6 is 0 Å². The van der Waals surface area contributed by atoms with E-state index in [-0.39, 0.29) is 11.9 Å². The molecule has 0 radical (unpaired) electrons. The Morgan fingerprint density at radius 2 is 2.19 bits per heavy atom. The molecule has 1 fully saturated rings. The number of amides is 1. The van der Waals surface area contributed by atoms with Crippen LogP contribution in [-0.4, -0.2) is 40.1 Å². The first-order chi connectivity index (χ1) is 7.75. The number of nitrogens with one attached hydrogen (secondary N) is 1. The number of aromatic nitrogens is 2. The highest BCUT2D eigenvalue weighted by atomic mass is 16.2. The van der Waals surface area contributed by atoms with Crippen LogP contribution in [-0.2, 0) is 0 Å². The number of nitrogens with two attached hydrogens (primary N) is 1. The van der Waals surface area contributed by atoms with Gasteiger partial charge in [-0.1, -0.05) is 18.2 Å². The molecule has 1 aromatic heterocycles. The van der Waals surface area contributed by atoms with Gasteiger partial charge in [0, 0.05) is 24.5 Å². The van der Waals surface area contributed by atoms with Crippen LogP contribution in [0.15, 0.2) is 24.3 Å². The van der Waals surface area contributed by atoms with E-state index in [4.69, 9.17) is 5.73 Å². The first-order valence-corrected chi connectivity index (χ1v) is 5.23. The first kappa shape index (κ1) is 9.35. The number of carbonyl (C=O) groups excluding carboxylic acids is 1. The molecule has 1 aliphatic rings. The third-order valence-corrected chi connectivity index (χ3v) is 2.87. The van der Waals surface area contributed by atoms with Crippen LogP contribution in [0.25, 0.3) is 10.9 Å². The van der Waals surface area contributed by atoms with Crippen LogP contribution in [0.3, 0.4) is 0 Å². The third kappa shape index (κ3) is 1.29. The molecule has 1 amide bonds. The second kappa shape index (κ2) is 3.31. The van der Waals surface area contributed by atoms with Gasteiger partial charge in [0.05, 0.1) is 5.52 Å². The van der Waals surface area contributed by atoms with E-state index in [1.165, 1.54) is 0 Å². The van der Waals surface area contributed by atoms with E-state index in [0.29, 0.717) is 18.8 Å². The van der Waals surface area contributed by atoms with Gasteiger partial charge in [0.25, 0.3) is 5.91 Å². The molecule has 82 valence electrons. The molecule has 0 spiro atoms. The molecule has 16 heavy (non-hydrogen) atoms. The smallest absolute Gasteiger partial charge is 0.275 e. The van der Waals surface area contributed by atoms with Crippen LogP contribution in [0, 0.1) is 0 Å². The van der Waals surface area contributed by atoms with Crippen LogP contribution in [0.1, 0.15) is 10.5 Å². The maximum atomic E-state index is 12.0. The van der Waals surface area contributed by atoms with Crippen LogP contribution < -0.4 is 5.73 Å². The number of hydrogen-bond acceptors (Lipinski definition) is 3. The first-order valence-electron chi connectivity index (χ1n) is 5.23. The number of para-hydroxylation sites is 1. The molecular formula is C11H12N4O. The average molecular weight is 216 g/mol. The van der Waals surface area contributed by atoms with E-state index in [1.807, 2.05) is 24.3 Å². The summed E-state index contributed by atoms with van der Waals surface area (Å²) in [5.74, 6) is -0.0425. The van der Waals surface area contributed by atoms with Crippen molar-refractivity contribution in [1.82, 2.24) is 15.1 Å². The largest absolute Gasteiger partial charge is 0.334 e. The zero-order valence-corrected chi connectivity index (χ0v) is 8.68. The lowest BCUT2D eigenvalue weighted by molar-refractivity contribution is 0.0604. The highest BCUT2D eigenvalue weighted by molar-refractivity contribution is 6.04. The Hall–Kier alpha value is -1.88. The van der Waals surface area contributed by atoms with Crippen molar-refractivity contribution in [2.45, 2.75) is 6.04 Å². The fourth-order valence-corrected chi connectivity index (χ4v) is 1.95. The summed E-state index contributed by atoms with van der Waals surface area (Å²) in [5, 5.41) is 7.79. The molecule has 1 aliphatic heterocycles. The van der Waals surface area contributed by atoms with Crippen LogP contribution in [0.4, 0.5) is 0 Å². The number of fused-ring (bicyclic) bond motifs is 1. The van der Waals surface area contributed by atoms with Crippen molar-refractivity contribution in [2.75, 3.05) is 13.1 Å². The van der Waals surface area contributed by atoms with Gasteiger partial charge in [-0.3, -0.25) is 9.89 Å². The molecule has 3 N–H and O–H groups in total. The summed E-state index contributed by atoms with van der Waals surface area (Å²) < 4.78 is 0. The molecular weight excluding hydrogens is 204 g/mol. The standard InChI is InChI=1S/C11H12N4O/c12-7-5-15(6-7)11(16)10-8-3-1-2-4-9(8)13-14-10/h1-4,7H,5-6,12H2,(H,13,14). The zero-order valence-electron chi connectivity index (χ0n) is 8.68. The average Bonchev–Trinajstić information content (AvgIpc) is 2.67. The minimum Gasteiger partial charge on any atom is -0.334 e. The quantitative estimate of drug-likeness (QED) is 0.722. The Morgan fingerprint density at radius 1 is 1.44 bits per heavy atom. The summed E-state index contributed by atoms with van der Waals surface area (Å²) in [6.07, 6.45) is 0. The predicted molar refractivity (Wildman–Crippen MR) is 60.0 cm³/mol. The number of aromatic amines is 1. The Morgan fingerprint density at radius 3 is 2.94 bits per heavy atom. The van der Waals surface area contributed by atoms with Crippen molar-refractivity contribution >= 4 is 16.8 Å². The lowest BCUT2D eigenvalue weighted by Crippen LogP contribution is -2.57. The molecule has 5 heteroatoms. The normalized spacial score (nSPS) is 16.4. The van der Waals surface area contributed by atoms with Crippen molar-refractivity contribution in [1.29, 1.82) is 0 Å². The van der Waals surface area contributed by atoms with Gasteiger partial charge in [-0.25, -0.2) is 0 Å². The van der Waals surface area contributed by atoms with Gasteiger partial charge >= 0.3 is 0 Å². The fraction of sp³-hybridized carbons (Fsp3) is 0.273. The van der Waals surface area contributed by atoms with Crippen LogP contribution in [0.2, 0.25) is 0 Å². The Kier molecular flexibility index (Phi) is 1.94. The Balaban J connectivity index is 1.97. The highest BCUT2D eigenvalue weighted by Gasteiger charge is 2.30. The van der Waals surface area contributed by atoms with E-state index < -0.39 is 0 Å². The highest BCUT2D eigenvalue weighted by Crippen LogP contribution is 2.18. The number of benzene rings is 1. The molecule has 1 saturated heterocycles. The van der Waals surface area contributed by atoms with Crippen molar-refractivity contribution in [3.63, 3.8) is 0 Å². The van der Waals surface area contributed by atoms with Crippen molar-refractivity contribution in [3.05, 3.63) is 30.0 Å². The number of H-pyrrole nitrogens is 1. The monoisotopic (exact) mass is 216 g/mol. The predicted octanol–water partition coefficient (Wildman–Crippen LogP) is 0.346. The van der Waals surface area contributed by atoms with Crippen molar-refractivity contribution in [2.24, 2.45) is 5.73 Å². The molecule has 0 saturated carbocycles. The number of hydrogen-bond donors (Lipinski definition) is 2. The molecule has 1 aromatic carbocycles. The number of rotatable bonds is 1. The summed E-state index contributed by atoms with van der Waals surface area (Å²) in [4.78, 5) is 13.8. The van der Waals surface area contributed by atoms with E-state index in [0.717, 1.165) is 10.9 Å². The molecule has 5 nitrogen and oxygen atoms in total. The van der Waals surface area contributed by atoms with Gasteiger partial charge in [0.1, 0.15) is 0 Å². The van der Waals surface area contributed by atoms with Gasteiger partial charge in [0.2, 0.25) is 0 Å². The molecule has 0 atom stereocenters. The lowest BCUT2D eigenvalue weighted by Gasteiger charge is -2.36. The Labute approximate surface area is 92.2 Å².